The van der Waals surface area contributed by atoms with Gasteiger partial charge in [0.25, 0.3) is 0 Å². The molecule has 2 heterocycles. The molecule has 94 valence electrons. The van der Waals surface area contributed by atoms with Gasteiger partial charge in [-0.15, -0.1) is 0 Å². The lowest BCUT2D eigenvalue weighted by molar-refractivity contribution is 0.0605. The fraction of sp³-hybridized carbons (Fsp3) is 0.769. The molecule has 1 saturated heterocycles. The Morgan fingerprint density at radius 2 is 2.12 bits per heavy atom. The van der Waals surface area contributed by atoms with E-state index in [2.05, 4.69) is 21.5 Å². The summed E-state index contributed by atoms with van der Waals surface area (Å²) >= 11 is 0. The van der Waals surface area contributed by atoms with Crippen molar-refractivity contribution >= 4 is 0 Å². The van der Waals surface area contributed by atoms with Crippen molar-refractivity contribution in [3.05, 3.63) is 18.5 Å². The van der Waals surface area contributed by atoms with E-state index in [1.807, 2.05) is 16.9 Å². The topological polar surface area (TPSA) is 33.1 Å². The molecule has 4 nitrogen and oxygen atoms in total. The largest absolute Gasteiger partial charge is 0.314 e. The minimum Gasteiger partial charge on any atom is -0.314 e. The van der Waals surface area contributed by atoms with Crippen molar-refractivity contribution in [1.82, 2.24) is 20.0 Å². The van der Waals surface area contributed by atoms with E-state index >= 15 is 0 Å². The highest BCUT2D eigenvalue weighted by Crippen LogP contribution is 2.35. The van der Waals surface area contributed by atoms with Gasteiger partial charge in [-0.3, -0.25) is 9.58 Å². The average Bonchev–Trinajstić information content (AvgIpc) is 3.00. The fourth-order valence-corrected chi connectivity index (χ4v) is 3.42. The second-order valence-electron chi connectivity index (χ2n) is 5.36. The van der Waals surface area contributed by atoms with Crippen LogP contribution < -0.4 is 5.32 Å². The quantitative estimate of drug-likeness (QED) is 0.850. The van der Waals surface area contributed by atoms with Gasteiger partial charge in [-0.25, -0.2) is 0 Å². The Balaban J connectivity index is 1.63. The van der Waals surface area contributed by atoms with Crippen LogP contribution >= 0.6 is 0 Å². The van der Waals surface area contributed by atoms with Crippen molar-refractivity contribution in [2.24, 2.45) is 0 Å². The maximum Gasteiger partial charge on any atom is 0.0536 e. The third-order valence-corrected chi connectivity index (χ3v) is 4.38. The molecule has 1 spiro atoms. The Morgan fingerprint density at radius 3 is 2.88 bits per heavy atom. The van der Waals surface area contributed by atoms with Gasteiger partial charge < -0.3 is 5.32 Å². The van der Waals surface area contributed by atoms with Gasteiger partial charge in [-0.1, -0.05) is 12.8 Å². The Kier molecular flexibility index (Phi) is 3.16. The number of aromatic nitrogens is 2. The summed E-state index contributed by atoms with van der Waals surface area (Å²) < 4.78 is 2.05. The van der Waals surface area contributed by atoms with Crippen molar-refractivity contribution < 1.29 is 0 Å². The molecule has 0 radical (unpaired) electrons. The van der Waals surface area contributed by atoms with Crippen LogP contribution in [0, 0.1) is 0 Å². The third-order valence-electron chi connectivity index (χ3n) is 4.38. The summed E-state index contributed by atoms with van der Waals surface area (Å²) in [6.07, 6.45) is 9.48. The average molecular weight is 234 g/mol. The molecule has 0 bridgehead atoms. The van der Waals surface area contributed by atoms with Gasteiger partial charge in [0.05, 0.1) is 6.54 Å². The van der Waals surface area contributed by atoms with Crippen molar-refractivity contribution in [3.8, 4) is 0 Å². The van der Waals surface area contributed by atoms with Crippen LogP contribution in [0.5, 0.6) is 0 Å². The van der Waals surface area contributed by atoms with E-state index in [1.165, 1.54) is 38.8 Å². The molecule has 17 heavy (non-hydrogen) atoms. The number of rotatable bonds is 3. The van der Waals surface area contributed by atoms with Crippen LogP contribution in [0.25, 0.3) is 0 Å². The van der Waals surface area contributed by atoms with Crippen molar-refractivity contribution in [1.29, 1.82) is 0 Å². The molecule has 0 atom stereocenters. The zero-order chi connectivity index (χ0) is 11.6. The molecule has 1 aromatic rings. The maximum absolute atomic E-state index is 4.29. The van der Waals surface area contributed by atoms with Gasteiger partial charge in [-0.2, -0.15) is 5.10 Å². The fourth-order valence-electron chi connectivity index (χ4n) is 3.42. The van der Waals surface area contributed by atoms with Crippen LogP contribution in [-0.4, -0.2) is 46.4 Å². The van der Waals surface area contributed by atoms with Gasteiger partial charge in [-0.05, 0) is 18.9 Å². The van der Waals surface area contributed by atoms with Crippen LogP contribution in [-0.2, 0) is 6.54 Å². The van der Waals surface area contributed by atoms with E-state index in [0.29, 0.717) is 5.54 Å². The highest BCUT2D eigenvalue weighted by molar-refractivity contribution is 4.99. The van der Waals surface area contributed by atoms with E-state index in [0.717, 1.165) is 19.6 Å². The lowest BCUT2D eigenvalue weighted by atomic mass is 9.93. The molecule has 2 aliphatic rings. The molecule has 0 aromatic carbocycles. The summed E-state index contributed by atoms with van der Waals surface area (Å²) in [5, 5.41) is 7.87. The van der Waals surface area contributed by atoms with Gasteiger partial charge in [0.2, 0.25) is 0 Å². The number of hydrogen-bond acceptors (Lipinski definition) is 3. The van der Waals surface area contributed by atoms with Gasteiger partial charge in [0.1, 0.15) is 0 Å². The van der Waals surface area contributed by atoms with Gasteiger partial charge in [0.15, 0.2) is 0 Å². The van der Waals surface area contributed by atoms with E-state index in [4.69, 9.17) is 0 Å². The number of nitrogens with one attached hydrogen (secondary N) is 1. The molecule has 1 aromatic heterocycles. The van der Waals surface area contributed by atoms with Crippen LogP contribution in [0.3, 0.4) is 0 Å². The molecule has 0 amide bonds. The lowest BCUT2D eigenvalue weighted by Crippen LogP contribution is -2.60. The van der Waals surface area contributed by atoms with Crippen LogP contribution in [0.4, 0.5) is 0 Å². The highest BCUT2D eigenvalue weighted by atomic mass is 15.3. The van der Waals surface area contributed by atoms with E-state index in [9.17, 15) is 0 Å². The highest BCUT2D eigenvalue weighted by Gasteiger charge is 2.40. The van der Waals surface area contributed by atoms with Crippen molar-refractivity contribution in [3.63, 3.8) is 0 Å². The van der Waals surface area contributed by atoms with Crippen LogP contribution in [0.1, 0.15) is 25.7 Å². The standard InChI is InChI=1S/C13H22N4/c1-2-5-13(4-1)12-14-7-9-16(13)10-11-17-8-3-6-15-17/h3,6,8,14H,1-2,4-5,7,9-12H2. The van der Waals surface area contributed by atoms with E-state index < -0.39 is 0 Å². The predicted octanol–water partition coefficient (Wildman–Crippen LogP) is 1.10. The first-order valence-electron chi connectivity index (χ1n) is 6.82. The third kappa shape index (κ3) is 2.24. The summed E-state index contributed by atoms with van der Waals surface area (Å²) in [6.45, 7) is 5.69. The molecule has 4 heteroatoms. The first-order valence-corrected chi connectivity index (χ1v) is 6.82. The predicted molar refractivity (Wildman–Crippen MR) is 67.9 cm³/mol. The summed E-state index contributed by atoms with van der Waals surface area (Å²) in [7, 11) is 0. The minimum absolute atomic E-state index is 0.464. The minimum atomic E-state index is 0.464. The summed E-state index contributed by atoms with van der Waals surface area (Å²) in [6, 6.07) is 2.00. The first-order chi connectivity index (χ1) is 8.39. The first kappa shape index (κ1) is 11.2. The monoisotopic (exact) mass is 234 g/mol. The Hall–Kier alpha value is -0.870. The smallest absolute Gasteiger partial charge is 0.0536 e. The summed E-state index contributed by atoms with van der Waals surface area (Å²) in [5.74, 6) is 0. The van der Waals surface area contributed by atoms with Crippen LogP contribution in [0.2, 0.25) is 0 Å². The van der Waals surface area contributed by atoms with Gasteiger partial charge >= 0.3 is 0 Å². The second-order valence-corrected chi connectivity index (χ2v) is 5.36. The molecular formula is C13H22N4. The van der Waals surface area contributed by atoms with Gasteiger partial charge in [0, 0.05) is 44.1 Å². The summed E-state index contributed by atoms with van der Waals surface area (Å²) in [5.41, 5.74) is 0.464. The number of nitrogens with zero attached hydrogens (tertiary/aromatic N) is 3. The number of hydrogen-bond donors (Lipinski definition) is 1. The Morgan fingerprint density at radius 1 is 1.24 bits per heavy atom. The van der Waals surface area contributed by atoms with Crippen molar-refractivity contribution in [2.75, 3.05) is 26.2 Å². The van der Waals surface area contributed by atoms with E-state index in [-0.39, 0.29) is 0 Å². The molecular weight excluding hydrogens is 212 g/mol. The molecule has 3 rings (SSSR count). The van der Waals surface area contributed by atoms with E-state index in [1.54, 1.807) is 0 Å². The maximum atomic E-state index is 4.29. The lowest BCUT2D eigenvalue weighted by Gasteiger charge is -2.45. The molecule has 1 aliphatic carbocycles. The Labute approximate surface area is 103 Å². The SMILES string of the molecule is c1cnn(CCN2CCNCC23CCCC3)c1. The summed E-state index contributed by atoms with van der Waals surface area (Å²) in [4.78, 5) is 2.71. The molecule has 1 N–H and O–H groups in total. The van der Waals surface area contributed by atoms with Crippen molar-refractivity contribution in [2.45, 2.75) is 37.8 Å². The number of piperazine rings is 1. The molecule has 1 saturated carbocycles. The second kappa shape index (κ2) is 4.78. The Bertz CT molecular complexity index is 340. The zero-order valence-corrected chi connectivity index (χ0v) is 10.4. The molecule has 0 unspecified atom stereocenters. The normalized spacial score (nSPS) is 24.5. The zero-order valence-electron chi connectivity index (χ0n) is 10.4. The van der Waals surface area contributed by atoms with Crippen LogP contribution in [0.15, 0.2) is 18.5 Å². The molecule has 1 aliphatic heterocycles. The molecule has 2 fully saturated rings.